The fourth-order valence-corrected chi connectivity index (χ4v) is 4.13. The van der Waals surface area contributed by atoms with Gasteiger partial charge in [0.2, 0.25) is 5.91 Å². The minimum Gasteiger partial charge on any atom is -0.324 e. The Bertz CT molecular complexity index is 847. The van der Waals surface area contributed by atoms with Crippen LogP contribution >= 0.6 is 11.8 Å². The highest BCUT2D eigenvalue weighted by atomic mass is 32.2. The monoisotopic (exact) mass is 338 g/mol. The van der Waals surface area contributed by atoms with Gasteiger partial charge >= 0.3 is 0 Å². The van der Waals surface area contributed by atoms with E-state index in [0.717, 1.165) is 23.4 Å². The number of benzene rings is 2. The molecule has 122 valence electrons. The van der Waals surface area contributed by atoms with Crippen molar-refractivity contribution in [3.63, 3.8) is 0 Å². The molecule has 0 spiro atoms. The number of carbonyl (C=O) groups is 2. The number of thioether (sulfide) groups is 1. The molecule has 24 heavy (non-hydrogen) atoms. The van der Waals surface area contributed by atoms with Crippen LogP contribution in [0.4, 0.5) is 11.4 Å². The number of rotatable bonds is 2. The van der Waals surface area contributed by atoms with Crippen LogP contribution in [0.25, 0.3) is 0 Å². The molecule has 1 atom stereocenters. The van der Waals surface area contributed by atoms with E-state index >= 15 is 0 Å². The summed E-state index contributed by atoms with van der Waals surface area (Å²) in [5, 5.41) is 5.71. The molecule has 2 aromatic rings. The van der Waals surface area contributed by atoms with Crippen LogP contribution in [0.3, 0.4) is 0 Å². The van der Waals surface area contributed by atoms with Gasteiger partial charge < -0.3 is 10.6 Å². The predicted molar refractivity (Wildman–Crippen MR) is 96.8 cm³/mol. The van der Waals surface area contributed by atoms with Gasteiger partial charge in [0.15, 0.2) is 0 Å². The van der Waals surface area contributed by atoms with E-state index in [9.17, 15) is 9.59 Å². The summed E-state index contributed by atoms with van der Waals surface area (Å²) >= 11 is 1.51. The Morgan fingerprint density at radius 3 is 2.88 bits per heavy atom. The third-order valence-corrected chi connectivity index (χ3v) is 5.71. The van der Waals surface area contributed by atoms with Crippen LogP contribution in [-0.2, 0) is 17.6 Å². The Morgan fingerprint density at radius 2 is 2.00 bits per heavy atom. The first kappa shape index (κ1) is 15.3. The van der Waals surface area contributed by atoms with E-state index in [0.29, 0.717) is 11.3 Å². The Kier molecular flexibility index (Phi) is 3.81. The van der Waals surface area contributed by atoms with Gasteiger partial charge in [-0.05, 0) is 67.6 Å². The molecule has 1 aliphatic carbocycles. The predicted octanol–water partition coefficient (Wildman–Crippen LogP) is 3.86. The highest BCUT2D eigenvalue weighted by molar-refractivity contribution is 8.00. The normalized spacial score (nSPS) is 18.5. The van der Waals surface area contributed by atoms with Crippen LogP contribution in [0.2, 0.25) is 0 Å². The highest BCUT2D eigenvalue weighted by Crippen LogP contribution is 2.36. The van der Waals surface area contributed by atoms with Gasteiger partial charge in [0, 0.05) is 16.1 Å². The second kappa shape index (κ2) is 5.98. The van der Waals surface area contributed by atoms with E-state index in [-0.39, 0.29) is 17.1 Å². The van der Waals surface area contributed by atoms with E-state index < -0.39 is 0 Å². The molecule has 4 nitrogen and oxygen atoms in total. The van der Waals surface area contributed by atoms with Crippen molar-refractivity contribution in [2.24, 2.45) is 0 Å². The molecular weight excluding hydrogens is 320 g/mol. The largest absolute Gasteiger partial charge is 0.324 e. The zero-order valence-corrected chi connectivity index (χ0v) is 14.2. The van der Waals surface area contributed by atoms with Crippen LogP contribution in [0.15, 0.2) is 41.3 Å². The maximum Gasteiger partial charge on any atom is 0.255 e. The summed E-state index contributed by atoms with van der Waals surface area (Å²) in [6, 6.07) is 11.6. The number of fused-ring (bicyclic) bond motifs is 2. The van der Waals surface area contributed by atoms with Gasteiger partial charge in [-0.25, -0.2) is 0 Å². The Morgan fingerprint density at radius 1 is 1.17 bits per heavy atom. The molecule has 0 saturated heterocycles. The van der Waals surface area contributed by atoms with Crippen LogP contribution < -0.4 is 10.6 Å². The van der Waals surface area contributed by atoms with Crippen molar-refractivity contribution in [3.05, 3.63) is 53.1 Å². The number of amides is 2. The summed E-state index contributed by atoms with van der Waals surface area (Å²) in [6.45, 7) is 1.87. The molecule has 1 aliphatic heterocycles. The highest BCUT2D eigenvalue weighted by Gasteiger charge is 2.23. The number of carbonyl (C=O) groups excluding carboxylic acids is 2. The number of hydrogen-bond acceptors (Lipinski definition) is 3. The Hall–Kier alpha value is -2.27. The van der Waals surface area contributed by atoms with Crippen molar-refractivity contribution in [1.29, 1.82) is 0 Å². The number of nitrogens with one attached hydrogen (secondary N) is 2. The first-order valence-corrected chi connectivity index (χ1v) is 9.03. The second-order valence-electron chi connectivity index (χ2n) is 6.25. The van der Waals surface area contributed by atoms with Gasteiger partial charge in [0.1, 0.15) is 0 Å². The Labute approximate surface area is 145 Å². The van der Waals surface area contributed by atoms with Crippen LogP contribution in [-0.4, -0.2) is 17.1 Å². The molecular formula is C19H18N2O2S. The quantitative estimate of drug-likeness (QED) is 0.874. The van der Waals surface area contributed by atoms with Gasteiger partial charge in [-0.2, -0.15) is 0 Å². The standard InChI is InChI=1S/C19H18N2O2S/c1-11-18(22)21-16-10-14(6-8-17(16)24-11)19(23)20-15-7-5-12-3-2-4-13(12)9-15/h5-11H,2-4H2,1H3,(H,20,23)(H,21,22). The Balaban J connectivity index is 1.55. The van der Waals surface area contributed by atoms with Gasteiger partial charge in [0.05, 0.1) is 10.9 Å². The smallest absolute Gasteiger partial charge is 0.255 e. The average molecular weight is 338 g/mol. The van der Waals surface area contributed by atoms with Crippen molar-refractivity contribution < 1.29 is 9.59 Å². The molecule has 2 amide bonds. The molecule has 0 aromatic heterocycles. The van der Waals surface area contributed by atoms with Crippen molar-refractivity contribution in [2.75, 3.05) is 10.6 Å². The van der Waals surface area contributed by atoms with Crippen molar-refractivity contribution >= 4 is 35.0 Å². The maximum absolute atomic E-state index is 12.5. The summed E-state index contributed by atoms with van der Waals surface area (Å²) in [5.41, 5.74) is 4.80. The third-order valence-electron chi connectivity index (χ3n) is 4.53. The molecule has 2 aliphatic rings. The average Bonchev–Trinajstić information content (AvgIpc) is 3.03. The lowest BCUT2D eigenvalue weighted by Gasteiger charge is -2.21. The fraction of sp³-hybridized carbons (Fsp3) is 0.263. The molecule has 4 rings (SSSR count). The van der Waals surface area contributed by atoms with Gasteiger partial charge in [-0.1, -0.05) is 6.07 Å². The summed E-state index contributed by atoms with van der Waals surface area (Å²) in [5.74, 6) is -0.183. The van der Waals surface area contributed by atoms with Crippen LogP contribution in [0, 0.1) is 0 Å². The fourth-order valence-electron chi connectivity index (χ4n) is 3.20. The van der Waals surface area contributed by atoms with E-state index in [1.54, 1.807) is 12.1 Å². The first-order valence-electron chi connectivity index (χ1n) is 8.15. The lowest BCUT2D eigenvalue weighted by Crippen LogP contribution is -2.26. The van der Waals surface area contributed by atoms with Crippen molar-refractivity contribution in [1.82, 2.24) is 0 Å². The SMILES string of the molecule is CC1Sc2ccc(C(=O)Nc3ccc4c(c3)CCC4)cc2NC1=O. The number of aryl methyl sites for hydroxylation is 2. The summed E-state index contributed by atoms with van der Waals surface area (Å²) < 4.78 is 0. The number of anilines is 2. The van der Waals surface area contributed by atoms with Crippen molar-refractivity contribution in [2.45, 2.75) is 36.3 Å². The minimum absolute atomic E-state index is 0.0244. The van der Waals surface area contributed by atoms with Gasteiger partial charge in [0.25, 0.3) is 5.91 Å². The third kappa shape index (κ3) is 2.80. The van der Waals surface area contributed by atoms with Gasteiger partial charge in [-0.3, -0.25) is 9.59 Å². The van der Waals surface area contributed by atoms with E-state index in [1.165, 1.54) is 29.3 Å². The molecule has 1 unspecified atom stereocenters. The molecule has 0 fully saturated rings. The van der Waals surface area contributed by atoms with Crippen LogP contribution in [0.1, 0.15) is 34.8 Å². The molecule has 2 aromatic carbocycles. The lowest BCUT2D eigenvalue weighted by atomic mass is 10.1. The van der Waals surface area contributed by atoms with E-state index in [4.69, 9.17) is 0 Å². The topological polar surface area (TPSA) is 58.2 Å². The lowest BCUT2D eigenvalue weighted by molar-refractivity contribution is -0.115. The molecule has 1 heterocycles. The zero-order chi connectivity index (χ0) is 16.7. The van der Waals surface area contributed by atoms with E-state index in [1.807, 2.05) is 19.1 Å². The summed E-state index contributed by atoms with van der Waals surface area (Å²) in [7, 11) is 0. The first-order chi connectivity index (χ1) is 11.6. The molecule has 2 N–H and O–H groups in total. The second-order valence-corrected chi connectivity index (χ2v) is 7.63. The molecule has 0 saturated carbocycles. The van der Waals surface area contributed by atoms with Gasteiger partial charge in [-0.15, -0.1) is 11.8 Å². The summed E-state index contributed by atoms with van der Waals surface area (Å²) in [4.78, 5) is 25.3. The number of hydrogen-bond donors (Lipinski definition) is 2. The van der Waals surface area contributed by atoms with E-state index in [2.05, 4.69) is 22.8 Å². The zero-order valence-electron chi connectivity index (χ0n) is 13.4. The maximum atomic E-state index is 12.5. The minimum atomic E-state index is -0.159. The van der Waals surface area contributed by atoms with Crippen molar-refractivity contribution in [3.8, 4) is 0 Å². The molecule has 0 radical (unpaired) electrons. The summed E-state index contributed by atoms with van der Waals surface area (Å²) in [6.07, 6.45) is 3.40. The molecule has 0 bridgehead atoms. The molecule has 5 heteroatoms. The van der Waals surface area contributed by atoms with Crippen LogP contribution in [0.5, 0.6) is 0 Å².